The monoisotopic (exact) mass is 166 g/mol. The highest BCUT2D eigenvalue weighted by molar-refractivity contribution is 6.18. The smallest absolute Gasteiger partial charge is 0.0933 e. The molecule has 0 aromatic heterocycles. The molecule has 0 spiro atoms. The van der Waals surface area contributed by atoms with Gasteiger partial charge in [-0.1, -0.05) is 19.8 Å². The number of alkyl halides is 1. The topological polar surface area (TPSA) is 40.5 Å². The van der Waals surface area contributed by atoms with E-state index in [2.05, 4.69) is 0 Å². The minimum Gasteiger partial charge on any atom is -0.390 e. The second kappa shape index (κ2) is 5.96. The number of hydrogen-bond donors (Lipinski definition) is 2. The summed E-state index contributed by atoms with van der Waals surface area (Å²) >= 11 is 5.32. The molecular weight excluding hydrogens is 152 g/mol. The number of rotatable bonds is 5. The van der Waals surface area contributed by atoms with Crippen LogP contribution in [0.1, 0.15) is 26.2 Å². The molecular formula is C7H15ClO2. The number of aliphatic hydroxyl groups excluding tert-OH is 2. The summed E-state index contributed by atoms with van der Waals surface area (Å²) in [5.41, 5.74) is 0. The van der Waals surface area contributed by atoms with Crippen LogP contribution < -0.4 is 0 Å². The summed E-state index contributed by atoms with van der Waals surface area (Å²) < 4.78 is 0. The van der Waals surface area contributed by atoms with E-state index in [1.165, 1.54) is 0 Å². The molecule has 0 rings (SSSR count). The fourth-order valence-electron chi connectivity index (χ4n) is 0.708. The van der Waals surface area contributed by atoms with Crippen LogP contribution in [0.25, 0.3) is 0 Å². The van der Waals surface area contributed by atoms with Gasteiger partial charge in [-0.2, -0.15) is 0 Å². The van der Waals surface area contributed by atoms with Crippen molar-refractivity contribution in [2.24, 2.45) is 0 Å². The van der Waals surface area contributed by atoms with Gasteiger partial charge in [0.15, 0.2) is 0 Å². The van der Waals surface area contributed by atoms with Crippen LogP contribution in [0.4, 0.5) is 0 Å². The quantitative estimate of drug-likeness (QED) is 0.602. The molecule has 0 heterocycles. The largest absolute Gasteiger partial charge is 0.390 e. The van der Waals surface area contributed by atoms with Gasteiger partial charge in [-0.25, -0.2) is 0 Å². The van der Waals surface area contributed by atoms with Crippen molar-refractivity contribution < 1.29 is 10.2 Å². The normalized spacial score (nSPS) is 16.8. The Bertz CT molecular complexity index is 78.0. The van der Waals surface area contributed by atoms with Gasteiger partial charge in [-0.3, -0.25) is 0 Å². The SMILES string of the molecule is CCCC[C@H](O)[C@H](O)CCl. The highest BCUT2D eigenvalue weighted by Crippen LogP contribution is 2.05. The number of halogens is 1. The first-order chi connectivity index (χ1) is 4.72. The minimum absolute atomic E-state index is 0.116. The van der Waals surface area contributed by atoms with E-state index in [1.807, 2.05) is 6.92 Å². The Kier molecular flexibility index (Phi) is 6.08. The van der Waals surface area contributed by atoms with Crippen LogP contribution in [0.3, 0.4) is 0 Å². The molecule has 2 nitrogen and oxygen atoms in total. The first-order valence-corrected chi connectivity index (χ1v) is 4.18. The number of hydrogen-bond acceptors (Lipinski definition) is 2. The minimum atomic E-state index is -0.756. The third-order valence-corrected chi connectivity index (χ3v) is 1.77. The fourth-order valence-corrected chi connectivity index (χ4v) is 0.914. The lowest BCUT2D eigenvalue weighted by atomic mass is 10.1. The Balaban J connectivity index is 3.31. The molecule has 0 saturated carbocycles. The zero-order chi connectivity index (χ0) is 7.98. The number of aliphatic hydroxyl groups is 2. The highest BCUT2D eigenvalue weighted by Gasteiger charge is 2.13. The molecule has 0 unspecified atom stereocenters. The van der Waals surface area contributed by atoms with Gasteiger partial charge in [0.05, 0.1) is 18.1 Å². The van der Waals surface area contributed by atoms with Crippen LogP contribution in [0.15, 0.2) is 0 Å². The molecule has 0 radical (unpaired) electrons. The highest BCUT2D eigenvalue weighted by atomic mass is 35.5. The standard InChI is InChI=1S/C7H15ClO2/c1-2-3-4-6(9)7(10)5-8/h6-7,9-10H,2-5H2,1H3/t6-,7+/m0/s1. The average Bonchev–Trinajstić information content (AvgIpc) is 1.98. The van der Waals surface area contributed by atoms with Gasteiger partial charge in [0, 0.05) is 0 Å². The molecule has 0 aromatic carbocycles. The lowest BCUT2D eigenvalue weighted by molar-refractivity contribution is 0.0270. The molecule has 2 atom stereocenters. The third-order valence-electron chi connectivity index (χ3n) is 1.46. The molecule has 2 N–H and O–H groups in total. The molecule has 0 saturated heterocycles. The predicted molar refractivity (Wildman–Crippen MR) is 42.3 cm³/mol. The van der Waals surface area contributed by atoms with E-state index in [4.69, 9.17) is 21.8 Å². The summed E-state index contributed by atoms with van der Waals surface area (Å²) in [6, 6.07) is 0. The lowest BCUT2D eigenvalue weighted by Crippen LogP contribution is -2.27. The van der Waals surface area contributed by atoms with Gasteiger partial charge in [-0.15, -0.1) is 11.6 Å². The maximum atomic E-state index is 9.11. The Hall–Kier alpha value is 0.210. The fraction of sp³-hybridized carbons (Fsp3) is 1.00. The van der Waals surface area contributed by atoms with Gasteiger partial charge in [0.1, 0.15) is 0 Å². The van der Waals surface area contributed by atoms with Crippen LogP contribution in [-0.2, 0) is 0 Å². The van der Waals surface area contributed by atoms with E-state index >= 15 is 0 Å². The van der Waals surface area contributed by atoms with Crippen molar-refractivity contribution in [3.05, 3.63) is 0 Å². The Morgan fingerprint density at radius 2 is 1.90 bits per heavy atom. The van der Waals surface area contributed by atoms with Crippen LogP contribution in [-0.4, -0.2) is 28.3 Å². The summed E-state index contributed by atoms with van der Waals surface area (Å²) in [7, 11) is 0. The molecule has 0 aliphatic rings. The predicted octanol–water partition coefficient (Wildman–Crippen LogP) is 1.14. The molecule has 0 aliphatic carbocycles. The number of unbranched alkanes of at least 4 members (excludes halogenated alkanes) is 1. The first kappa shape index (κ1) is 10.2. The van der Waals surface area contributed by atoms with Gasteiger partial charge < -0.3 is 10.2 Å². The molecule has 3 heteroatoms. The van der Waals surface area contributed by atoms with E-state index < -0.39 is 12.2 Å². The van der Waals surface area contributed by atoms with Crippen molar-refractivity contribution in [2.45, 2.75) is 38.4 Å². The zero-order valence-electron chi connectivity index (χ0n) is 6.26. The summed E-state index contributed by atoms with van der Waals surface area (Å²) in [6.45, 7) is 2.04. The van der Waals surface area contributed by atoms with E-state index in [1.54, 1.807) is 0 Å². The van der Waals surface area contributed by atoms with Crippen molar-refractivity contribution in [1.82, 2.24) is 0 Å². The van der Waals surface area contributed by atoms with Crippen LogP contribution in [0, 0.1) is 0 Å². The zero-order valence-corrected chi connectivity index (χ0v) is 7.01. The molecule has 0 aromatic rings. The Morgan fingerprint density at radius 1 is 1.30 bits per heavy atom. The van der Waals surface area contributed by atoms with Crippen molar-refractivity contribution in [3.63, 3.8) is 0 Å². The lowest BCUT2D eigenvalue weighted by Gasteiger charge is -2.13. The van der Waals surface area contributed by atoms with Crippen molar-refractivity contribution >= 4 is 11.6 Å². The van der Waals surface area contributed by atoms with E-state index in [-0.39, 0.29) is 5.88 Å². The molecule has 62 valence electrons. The van der Waals surface area contributed by atoms with Gasteiger partial charge in [-0.05, 0) is 6.42 Å². The molecule has 0 amide bonds. The first-order valence-electron chi connectivity index (χ1n) is 3.64. The van der Waals surface area contributed by atoms with Crippen molar-refractivity contribution in [2.75, 3.05) is 5.88 Å². The second-order valence-corrected chi connectivity index (χ2v) is 2.74. The van der Waals surface area contributed by atoms with Gasteiger partial charge in [0.25, 0.3) is 0 Å². The van der Waals surface area contributed by atoms with E-state index in [0.717, 1.165) is 12.8 Å². The second-order valence-electron chi connectivity index (χ2n) is 2.43. The molecule has 0 bridgehead atoms. The van der Waals surface area contributed by atoms with Crippen molar-refractivity contribution in [3.8, 4) is 0 Å². The summed E-state index contributed by atoms with van der Waals surface area (Å²) in [4.78, 5) is 0. The summed E-state index contributed by atoms with van der Waals surface area (Å²) in [6.07, 6.45) is 1.22. The Morgan fingerprint density at radius 3 is 2.30 bits per heavy atom. The molecule has 10 heavy (non-hydrogen) atoms. The van der Waals surface area contributed by atoms with Crippen LogP contribution in [0.2, 0.25) is 0 Å². The third kappa shape index (κ3) is 4.09. The molecule has 0 aliphatic heterocycles. The van der Waals surface area contributed by atoms with E-state index in [9.17, 15) is 0 Å². The van der Waals surface area contributed by atoms with Crippen LogP contribution in [0.5, 0.6) is 0 Å². The van der Waals surface area contributed by atoms with Gasteiger partial charge in [0.2, 0.25) is 0 Å². The maximum Gasteiger partial charge on any atom is 0.0933 e. The van der Waals surface area contributed by atoms with E-state index in [0.29, 0.717) is 6.42 Å². The maximum absolute atomic E-state index is 9.11. The summed E-state index contributed by atoms with van der Waals surface area (Å²) in [5, 5.41) is 18.1. The Labute approximate surface area is 66.8 Å². The molecule has 0 fully saturated rings. The van der Waals surface area contributed by atoms with Crippen LogP contribution >= 0.6 is 11.6 Å². The van der Waals surface area contributed by atoms with Gasteiger partial charge >= 0.3 is 0 Å². The average molecular weight is 167 g/mol. The van der Waals surface area contributed by atoms with Crippen molar-refractivity contribution in [1.29, 1.82) is 0 Å². The summed E-state index contributed by atoms with van der Waals surface area (Å²) in [5.74, 6) is 0.116.